The lowest BCUT2D eigenvalue weighted by molar-refractivity contribution is -0.617. The van der Waals surface area contributed by atoms with Crippen LogP contribution in [-0.2, 0) is 32.7 Å². The minimum absolute atomic E-state index is 0.0145. The van der Waals surface area contributed by atoms with Gasteiger partial charge in [-0.1, -0.05) is 42.5 Å². The van der Waals surface area contributed by atoms with Gasteiger partial charge in [-0.15, -0.1) is 5.06 Å². The number of fused-ring (bicyclic) bond motifs is 2. The lowest BCUT2D eigenvalue weighted by Crippen LogP contribution is -2.33. The Kier molecular flexibility index (Phi) is 5.93. The Balaban J connectivity index is 1.43. The maximum atomic E-state index is 12.1. The highest BCUT2D eigenvalue weighted by atomic mass is 16.7. The van der Waals surface area contributed by atoms with Gasteiger partial charge in [-0.25, -0.2) is 4.79 Å². The van der Waals surface area contributed by atoms with Crippen molar-refractivity contribution in [1.29, 1.82) is 0 Å². The summed E-state index contributed by atoms with van der Waals surface area (Å²) >= 11 is 0. The van der Waals surface area contributed by atoms with E-state index in [2.05, 4.69) is 0 Å². The van der Waals surface area contributed by atoms with Crippen molar-refractivity contribution in [1.82, 2.24) is 5.06 Å². The van der Waals surface area contributed by atoms with Crippen molar-refractivity contribution < 1.29 is 33.7 Å². The van der Waals surface area contributed by atoms with Gasteiger partial charge >= 0.3 is 5.97 Å². The molecule has 0 aliphatic carbocycles. The van der Waals surface area contributed by atoms with Crippen molar-refractivity contribution in [2.24, 2.45) is 7.05 Å². The number of para-hydroxylation sites is 2. The molecule has 0 unspecified atom stereocenters. The Hall–Kier alpha value is -4.59. The molecule has 0 N–H and O–H groups in total. The topological polar surface area (TPSA) is 108 Å². The summed E-state index contributed by atoms with van der Waals surface area (Å²) in [7, 11) is 1.91. The molecule has 8 nitrogen and oxygen atoms in total. The lowest BCUT2D eigenvalue weighted by atomic mass is 9.95. The van der Waals surface area contributed by atoms with Crippen LogP contribution in [0.15, 0.2) is 66.7 Å². The molecule has 2 heterocycles. The van der Waals surface area contributed by atoms with Crippen LogP contribution in [0, 0.1) is 0 Å². The summed E-state index contributed by atoms with van der Waals surface area (Å²) < 4.78 is 1.98. The minimum atomic E-state index is -1.23. The molecule has 4 aromatic rings. The summed E-state index contributed by atoms with van der Waals surface area (Å²) in [6, 6.07) is 20.5. The number of aromatic carboxylic acids is 1. The van der Waals surface area contributed by atoms with Gasteiger partial charge in [-0.05, 0) is 35.7 Å². The van der Waals surface area contributed by atoms with Gasteiger partial charge < -0.3 is 14.7 Å². The largest absolute Gasteiger partial charge is 0.545 e. The summed E-state index contributed by atoms with van der Waals surface area (Å²) in [6.45, 7) is 0. The first-order valence-electron chi connectivity index (χ1n) is 11.6. The number of carboxylic acids is 1. The van der Waals surface area contributed by atoms with Crippen molar-refractivity contribution in [3.05, 3.63) is 77.9 Å². The van der Waals surface area contributed by atoms with Crippen LogP contribution in [0.5, 0.6) is 0 Å². The van der Waals surface area contributed by atoms with Crippen LogP contribution in [0.3, 0.4) is 0 Å². The third kappa shape index (κ3) is 4.07. The summed E-state index contributed by atoms with van der Waals surface area (Å²) in [6.07, 6.45) is 0.498. The number of carbonyl (C=O) groups excluding carboxylic acids is 4. The first kappa shape index (κ1) is 23.2. The molecular weight excluding hydrogens is 460 g/mol. The van der Waals surface area contributed by atoms with Crippen molar-refractivity contribution in [3.63, 3.8) is 0 Å². The number of amides is 2. The Morgan fingerprint density at radius 3 is 2.28 bits per heavy atom. The predicted octanol–water partition coefficient (Wildman–Crippen LogP) is 2.39. The van der Waals surface area contributed by atoms with Crippen LogP contribution < -0.4 is 9.67 Å². The smallest absolute Gasteiger partial charge is 0.333 e. The molecule has 1 aromatic heterocycles. The number of imide groups is 1. The van der Waals surface area contributed by atoms with Gasteiger partial charge in [-0.2, -0.15) is 4.57 Å². The minimum Gasteiger partial charge on any atom is -0.545 e. The number of rotatable bonds is 6. The molecule has 2 amide bonds. The number of aromatic nitrogens is 1. The summed E-state index contributed by atoms with van der Waals surface area (Å²) in [5, 5.41) is 13.9. The molecule has 1 aliphatic rings. The fourth-order valence-corrected chi connectivity index (χ4v) is 4.71. The number of carbonyl (C=O) groups is 4. The van der Waals surface area contributed by atoms with E-state index in [1.54, 1.807) is 18.2 Å². The van der Waals surface area contributed by atoms with Gasteiger partial charge in [0.05, 0.1) is 28.7 Å². The van der Waals surface area contributed by atoms with E-state index >= 15 is 0 Å². The number of pyridine rings is 1. The number of hydrogen-bond donors (Lipinski definition) is 0. The second-order valence-electron chi connectivity index (χ2n) is 8.68. The normalized spacial score (nSPS) is 13.5. The SMILES string of the molecule is C[n+]1c2ccccc2c(C(=O)[O-])c2cccc(-c3ccc(CCC(=O)ON4C(=O)CCC4=O)cc3)c21. The molecule has 0 atom stereocenters. The molecule has 5 rings (SSSR count). The third-order valence-corrected chi connectivity index (χ3v) is 6.46. The van der Waals surface area contributed by atoms with Gasteiger partial charge in [0.25, 0.3) is 11.8 Å². The maximum Gasteiger partial charge on any atom is 0.333 e. The van der Waals surface area contributed by atoms with Crippen molar-refractivity contribution >= 4 is 45.6 Å². The summed E-state index contributed by atoms with van der Waals surface area (Å²) in [5.74, 6) is -2.88. The molecule has 0 bridgehead atoms. The monoisotopic (exact) mass is 482 g/mol. The lowest BCUT2D eigenvalue weighted by Gasteiger charge is -2.14. The van der Waals surface area contributed by atoms with Gasteiger partial charge in [0.2, 0.25) is 11.0 Å². The number of nitrogens with zero attached hydrogens (tertiary/aromatic N) is 2. The van der Waals surface area contributed by atoms with E-state index in [1.165, 1.54) is 0 Å². The molecule has 3 aromatic carbocycles. The number of hydroxylamine groups is 2. The molecule has 36 heavy (non-hydrogen) atoms. The van der Waals surface area contributed by atoms with E-state index in [4.69, 9.17) is 4.84 Å². The van der Waals surface area contributed by atoms with Crippen LogP contribution >= 0.6 is 0 Å². The van der Waals surface area contributed by atoms with E-state index in [0.717, 1.165) is 27.7 Å². The molecule has 0 saturated carbocycles. The molecule has 0 spiro atoms. The number of carboxylic acid groups (broad SMARTS) is 1. The average Bonchev–Trinajstić information content (AvgIpc) is 3.19. The van der Waals surface area contributed by atoms with Gasteiger partial charge in [0.15, 0.2) is 0 Å². The molecular formula is C28H22N2O6. The molecule has 1 aliphatic heterocycles. The van der Waals surface area contributed by atoms with Crippen LogP contribution in [0.25, 0.3) is 32.9 Å². The highest BCUT2D eigenvalue weighted by molar-refractivity contribution is 6.13. The highest BCUT2D eigenvalue weighted by Crippen LogP contribution is 2.31. The second kappa shape index (κ2) is 9.22. The van der Waals surface area contributed by atoms with Crippen LogP contribution in [0.1, 0.15) is 35.2 Å². The Bertz CT molecular complexity index is 1540. The zero-order chi connectivity index (χ0) is 25.4. The molecule has 8 heteroatoms. The molecule has 180 valence electrons. The Morgan fingerprint density at radius 1 is 0.917 bits per heavy atom. The molecule has 1 saturated heterocycles. The molecule has 0 radical (unpaired) electrons. The van der Waals surface area contributed by atoms with Crippen molar-refractivity contribution in [2.75, 3.05) is 0 Å². The summed E-state index contributed by atoms with van der Waals surface area (Å²) in [5.41, 5.74) is 4.33. The van der Waals surface area contributed by atoms with Crippen LogP contribution in [-0.4, -0.2) is 28.8 Å². The average molecular weight is 482 g/mol. The van der Waals surface area contributed by atoms with E-state index in [1.807, 2.05) is 60.1 Å². The third-order valence-electron chi connectivity index (χ3n) is 6.46. The number of benzene rings is 3. The zero-order valence-corrected chi connectivity index (χ0v) is 19.5. The Labute approximate surface area is 206 Å². The Morgan fingerprint density at radius 2 is 1.58 bits per heavy atom. The first-order chi connectivity index (χ1) is 17.3. The van der Waals surface area contributed by atoms with E-state index in [0.29, 0.717) is 22.3 Å². The van der Waals surface area contributed by atoms with E-state index < -0.39 is 23.8 Å². The zero-order valence-electron chi connectivity index (χ0n) is 19.5. The molecule has 1 fully saturated rings. The van der Waals surface area contributed by atoms with Crippen molar-refractivity contribution in [2.45, 2.75) is 25.7 Å². The van der Waals surface area contributed by atoms with Crippen molar-refractivity contribution in [3.8, 4) is 11.1 Å². The van der Waals surface area contributed by atoms with E-state index in [-0.39, 0.29) is 24.8 Å². The summed E-state index contributed by atoms with van der Waals surface area (Å²) in [4.78, 5) is 52.3. The van der Waals surface area contributed by atoms with Crippen LogP contribution in [0.2, 0.25) is 0 Å². The van der Waals surface area contributed by atoms with Gasteiger partial charge in [-0.3, -0.25) is 9.59 Å². The second-order valence-corrected chi connectivity index (χ2v) is 8.68. The first-order valence-corrected chi connectivity index (χ1v) is 11.6. The fraction of sp³-hybridized carbons (Fsp3) is 0.179. The standard InChI is InChI=1S/C28H22N2O6/c1-29-22-8-3-2-5-20(22)26(28(34)35)21-7-4-6-19(27(21)29)18-12-9-17(10-13-18)11-16-25(33)36-30-23(31)14-15-24(30)32/h2-10,12-13H,11,14-16H2,1H3. The predicted molar refractivity (Wildman–Crippen MR) is 128 cm³/mol. The van der Waals surface area contributed by atoms with Crippen LogP contribution in [0.4, 0.5) is 0 Å². The van der Waals surface area contributed by atoms with E-state index in [9.17, 15) is 24.3 Å². The van der Waals surface area contributed by atoms with Gasteiger partial charge in [0, 0.05) is 24.5 Å². The quantitative estimate of drug-likeness (QED) is 0.237. The highest BCUT2D eigenvalue weighted by Gasteiger charge is 2.32. The number of aryl methyl sites for hydroxylation is 2. The number of hydrogen-bond acceptors (Lipinski definition) is 6. The maximum absolute atomic E-state index is 12.1. The van der Waals surface area contributed by atoms with Gasteiger partial charge in [0.1, 0.15) is 7.05 Å². The fourth-order valence-electron chi connectivity index (χ4n) is 4.71.